The Morgan fingerprint density at radius 1 is 1.00 bits per heavy atom. The van der Waals surface area contributed by atoms with E-state index >= 15 is 0 Å². The minimum Gasteiger partial charge on any atom is -0.372 e. The zero-order valence-corrected chi connectivity index (χ0v) is 16.1. The second-order valence-corrected chi connectivity index (χ2v) is 7.25. The van der Waals surface area contributed by atoms with Crippen molar-refractivity contribution >= 4 is 33.6 Å². The second-order valence-electron chi connectivity index (χ2n) is 5.85. The van der Waals surface area contributed by atoms with Crippen molar-refractivity contribution in [3.63, 3.8) is 0 Å². The maximum absolute atomic E-state index is 6.10. The van der Waals surface area contributed by atoms with Gasteiger partial charge in [0.1, 0.15) is 5.01 Å². The number of fused-ring (bicyclic) bond motifs is 1. The number of nitrogens with zero attached hydrogens (tertiary/aromatic N) is 5. The lowest BCUT2D eigenvalue weighted by Crippen LogP contribution is -2.21. The van der Waals surface area contributed by atoms with Gasteiger partial charge in [0.2, 0.25) is 4.96 Å². The Hall–Kier alpha value is -2.44. The molecule has 0 aliphatic carbocycles. The molecule has 0 bridgehead atoms. The molecule has 2 heterocycles. The van der Waals surface area contributed by atoms with Gasteiger partial charge in [0, 0.05) is 34.9 Å². The molecule has 4 rings (SSSR count). The Morgan fingerprint density at radius 3 is 2.46 bits per heavy atom. The van der Waals surface area contributed by atoms with E-state index < -0.39 is 0 Å². The molecule has 0 saturated heterocycles. The Bertz CT molecular complexity index is 1030. The number of hydrogen-bond acceptors (Lipinski definition) is 5. The number of rotatable bonds is 5. The lowest BCUT2D eigenvalue weighted by atomic mass is 10.2. The monoisotopic (exact) mass is 383 g/mol. The van der Waals surface area contributed by atoms with Crippen LogP contribution in [0.4, 0.5) is 5.69 Å². The molecule has 26 heavy (non-hydrogen) atoms. The fraction of sp³-hybridized carbons (Fsp3) is 0.211. The minimum absolute atomic E-state index is 0.668. The zero-order valence-electron chi connectivity index (χ0n) is 14.6. The van der Waals surface area contributed by atoms with E-state index in [4.69, 9.17) is 16.7 Å². The summed E-state index contributed by atoms with van der Waals surface area (Å²) in [5.41, 5.74) is 3.20. The summed E-state index contributed by atoms with van der Waals surface area (Å²) >= 11 is 7.63. The average Bonchev–Trinajstić information content (AvgIpc) is 3.24. The largest absolute Gasteiger partial charge is 0.372 e. The highest BCUT2D eigenvalue weighted by molar-refractivity contribution is 7.19. The Labute approximate surface area is 160 Å². The fourth-order valence-corrected chi connectivity index (χ4v) is 3.98. The van der Waals surface area contributed by atoms with E-state index in [1.165, 1.54) is 17.0 Å². The van der Waals surface area contributed by atoms with Crippen LogP contribution in [0.5, 0.6) is 0 Å². The van der Waals surface area contributed by atoms with E-state index in [1.54, 1.807) is 4.52 Å². The summed E-state index contributed by atoms with van der Waals surface area (Å²) < 4.78 is 1.78. The molecule has 132 valence electrons. The van der Waals surface area contributed by atoms with Crippen LogP contribution in [0.3, 0.4) is 0 Å². The van der Waals surface area contributed by atoms with Gasteiger partial charge in [-0.25, -0.2) is 0 Å². The van der Waals surface area contributed by atoms with Gasteiger partial charge in [-0.1, -0.05) is 35.1 Å². The van der Waals surface area contributed by atoms with E-state index in [0.717, 1.165) is 34.2 Å². The van der Waals surface area contributed by atoms with Gasteiger partial charge in [-0.05, 0) is 50.2 Å². The quantitative estimate of drug-likeness (QED) is 0.485. The van der Waals surface area contributed by atoms with Crippen molar-refractivity contribution in [2.24, 2.45) is 0 Å². The Balaban J connectivity index is 1.70. The smallest absolute Gasteiger partial charge is 0.235 e. The van der Waals surface area contributed by atoms with Crippen LogP contribution in [0.25, 0.3) is 26.9 Å². The molecular formula is C19H18ClN5S. The zero-order chi connectivity index (χ0) is 18.1. The van der Waals surface area contributed by atoms with Crippen molar-refractivity contribution in [1.82, 2.24) is 19.8 Å². The molecule has 5 nitrogen and oxygen atoms in total. The Morgan fingerprint density at radius 2 is 1.77 bits per heavy atom. The number of hydrogen-bond donors (Lipinski definition) is 0. The van der Waals surface area contributed by atoms with Gasteiger partial charge in [0.25, 0.3) is 0 Å². The van der Waals surface area contributed by atoms with E-state index in [0.29, 0.717) is 10.8 Å². The van der Waals surface area contributed by atoms with Gasteiger partial charge < -0.3 is 4.90 Å². The third-order valence-electron chi connectivity index (χ3n) is 4.32. The lowest BCUT2D eigenvalue weighted by Gasteiger charge is -2.20. The molecule has 0 spiro atoms. The van der Waals surface area contributed by atoms with E-state index in [2.05, 4.69) is 53.2 Å². The van der Waals surface area contributed by atoms with Gasteiger partial charge in [0.05, 0.1) is 0 Å². The first kappa shape index (κ1) is 17.0. The SMILES string of the molecule is CCN(CC)c1ccc(-c2nn3c(-c4cccc(Cl)c4)nnc3s2)cc1. The maximum atomic E-state index is 6.10. The summed E-state index contributed by atoms with van der Waals surface area (Å²) in [7, 11) is 0. The third-order valence-corrected chi connectivity index (χ3v) is 5.50. The number of anilines is 1. The van der Waals surface area contributed by atoms with Crippen LogP contribution in [-0.2, 0) is 0 Å². The molecule has 0 saturated carbocycles. The van der Waals surface area contributed by atoms with E-state index in [1.807, 2.05) is 24.3 Å². The maximum Gasteiger partial charge on any atom is 0.235 e. The topological polar surface area (TPSA) is 46.3 Å². The molecular weight excluding hydrogens is 366 g/mol. The molecule has 0 fully saturated rings. The van der Waals surface area contributed by atoms with Crippen molar-refractivity contribution in [3.8, 4) is 22.0 Å². The van der Waals surface area contributed by atoms with Crippen LogP contribution in [0, 0.1) is 0 Å². The van der Waals surface area contributed by atoms with Gasteiger partial charge in [-0.3, -0.25) is 0 Å². The van der Waals surface area contributed by atoms with Gasteiger partial charge in [-0.2, -0.15) is 9.61 Å². The predicted molar refractivity (Wildman–Crippen MR) is 108 cm³/mol. The number of halogens is 1. The molecule has 0 aliphatic heterocycles. The van der Waals surface area contributed by atoms with Crippen molar-refractivity contribution in [3.05, 3.63) is 53.6 Å². The molecule has 7 heteroatoms. The summed E-state index contributed by atoms with van der Waals surface area (Å²) in [6, 6.07) is 16.1. The number of aromatic nitrogens is 4. The summed E-state index contributed by atoms with van der Waals surface area (Å²) in [5.74, 6) is 0.699. The molecule has 0 radical (unpaired) electrons. The van der Waals surface area contributed by atoms with Crippen molar-refractivity contribution in [2.75, 3.05) is 18.0 Å². The highest BCUT2D eigenvalue weighted by Crippen LogP contribution is 2.30. The molecule has 2 aromatic carbocycles. The van der Waals surface area contributed by atoms with Crippen LogP contribution in [0.2, 0.25) is 5.02 Å². The average molecular weight is 384 g/mol. The summed E-state index contributed by atoms with van der Waals surface area (Å²) in [6.07, 6.45) is 0. The summed E-state index contributed by atoms with van der Waals surface area (Å²) in [6.45, 7) is 6.32. The first-order valence-corrected chi connectivity index (χ1v) is 9.72. The molecule has 4 aromatic rings. The Kier molecular flexibility index (Phi) is 4.61. The highest BCUT2D eigenvalue weighted by Gasteiger charge is 2.15. The number of benzene rings is 2. The minimum atomic E-state index is 0.668. The molecule has 0 atom stereocenters. The lowest BCUT2D eigenvalue weighted by molar-refractivity contribution is 0.866. The molecule has 0 N–H and O–H groups in total. The normalized spacial score (nSPS) is 11.2. The molecule has 0 unspecified atom stereocenters. The van der Waals surface area contributed by atoms with Crippen molar-refractivity contribution in [2.45, 2.75) is 13.8 Å². The van der Waals surface area contributed by atoms with Crippen molar-refractivity contribution in [1.29, 1.82) is 0 Å². The van der Waals surface area contributed by atoms with Crippen LogP contribution >= 0.6 is 22.9 Å². The van der Waals surface area contributed by atoms with Crippen molar-refractivity contribution < 1.29 is 0 Å². The second kappa shape index (κ2) is 7.05. The standard InChI is InChI=1S/C19H18ClN5S/c1-3-24(4-2)16-10-8-13(9-11-16)18-23-25-17(21-22-19(25)26-18)14-6-5-7-15(20)12-14/h5-12H,3-4H2,1-2H3. The summed E-state index contributed by atoms with van der Waals surface area (Å²) in [4.78, 5) is 3.09. The predicted octanol–water partition coefficient (Wildman–Crippen LogP) is 5.02. The first-order valence-electron chi connectivity index (χ1n) is 8.53. The van der Waals surface area contributed by atoms with Crippen LogP contribution in [0.1, 0.15) is 13.8 Å². The highest BCUT2D eigenvalue weighted by atomic mass is 35.5. The van der Waals surface area contributed by atoms with Crippen LogP contribution in [0.15, 0.2) is 48.5 Å². The van der Waals surface area contributed by atoms with E-state index in [-0.39, 0.29) is 0 Å². The van der Waals surface area contributed by atoms with E-state index in [9.17, 15) is 0 Å². The molecule has 2 aromatic heterocycles. The van der Waals surface area contributed by atoms with Gasteiger partial charge in [-0.15, -0.1) is 10.2 Å². The summed E-state index contributed by atoms with van der Waals surface area (Å²) in [5, 5.41) is 14.8. The molecule has 0 amide bonds. The van der Waals surface area contributed by atoms with Crippen LogP contribution < -0.4 is 4.90 Å². The van der Waals surface area contributed by atoms with Crippen LogP contribution in [-0.4, -0.2) is 32.9 Å². The fourth-order valence-electron chi connectivity index (χ4n) is 2.94. The first-order chi connectivity index (χ1) is 12.7. The van der Waals surface area contributed by atoms with Gasteiger partial charge in [0.15, 0.2) is 5.82 Å². The van der Waals surface area contributed by atoms with Gasteiger partial charge >= 0.3 is 0 Å². The third kappa shape index (κ3) is 3.06. The molecule has 0 aliphatic rings.